The number of ether oxygens (including phenoxy) is 2. The summed E-state index contributed by atoms with van der Waals surface area (Å²) in [4.78, 5) is 11.5. The zero-order valence-electron chi connectivity index (χ0n) is 9.42. The molecule has 3 nitrogen and oxygen atoms in total. The van der Waals surface area contributed by atoms with Gasteiger partial charge in [0.25, 0.3) is 0 Å². The van der Waals surface area contributed by atoms with Gasteiger partial charge in [-0.3, -0.25) is 0 Å². The summed E-state index contributed by atoms with van der Waals surface area (Å²) in [6, 6.07) is 1.23. The zero-order valence-corrected chi connectivity index (χ0v) is 9.42. The molecule has 0 radical (unpaired) electrons. The molecule has 0 saturated carbocycles. The summed E-state index contributed by atoms with van der Waals surface area (Å²) in [6.07, 6.45) is 0.777. The third-order valence-electron chi connectivity index (χ3n) is 2.69. The first-order chi connectivity index (χ1) is 8.58. The third kappa shape index (κ3) is 2.81. The summed E-state index contributed by atoms with van der Waals surface area (Å²) in [5, 5.41) is 0. The van der Waals surface area contributed by atoms with Crippen LogP contribution in [-0.2, 0) is 9.47 Å². The summed E-state index contributed by atoms with van der Waals surface area (Å²) in [7, 11) is 0. The van der Waals surface area contributed by atoms with Crippen LogP contribution in [0.4, 0.5) is 13.2 Å². The maximum absolute atomic E-state index is 12.9. The van der Waals surface area contributed by atoms with Crippen molar-refractivity contribution in [3.63, 3.8) is 0 Å². The maximum Gasteiger partial charge on any atom is 0.338 e. The van der Waals surface area contributed by atoms with Gasteiger partial charge in [0.05, 0.1) is 18.8 Å². The lowest BCUT2D eigenvalue weighted by Crippen LogP contribution is -2.15. The van der Waals surface area contributed by atoms with Gasteiger partial charge in [-0.1, -0.05) is 0 Å². The third-order valence-corrected chi connectivity index (χ3v) is 2.69. The van der Waals surface area contributed by atoms with Crippen molar-refractivity contribution < 1.29 is 27.4 Å². The van der Waals surface area contributed by atoms with E-state index in [4.69, 9.17) is 9.47 Å². The molecular weight excluding hydrogens is 249 g/mol. The molecule has 1 aliphatic heterocycles. The molecule has 1 unspecified atom stereocenters. The Bertz CT molecular complexity index is 433. The van der Waals surface area contributed by atoms with Crippen molar-refractivity contribution in [2.75, 3.05) is 19.8 Å². The summed E-state index contributed by atoms with van der Waals surface area (Å²) in [5.41, 5.74) is -0.342. The average Bonchev–Trinajstić information content (AvgIpc) is 2.85. The van der Waals surface area contributed by atoms with Crippen molar-refractivity contribution in [3.05, 3.63) is 35.1 Å². The standard InChI is InChI=1S/C12H11F3O3/c13-9-3-8(4-10(14)11(9)15)12(16)18-6-7-1-2-17-5-7/h3-4,7H,1-2,5-6H2. The molecule has 0 aromatic heterocycles. The Hall–Kier alpha value is -1.56. The fraction of sp³-hybridized carbons (Fsp3) is 0.417. The second kappa shape index (κ2) is 5.39. The van der Waals surface area contributed by atoms with Crippen molar-refractivity contribution in [1.29, 1.82) is 0 Å². The highest BCUT2D eigenvalue weighted by molar-refractivity contribution is 5.89. The van der Waals surface area contributed by atoms with E-state index in [0.29, 0.717) is 25.3 Å². The number of esters is 1. The van der Waals surface area contributed by atoms with Gasteiger partial charge in [0.1, 0.15) is 0 Å². The van der Waals surface area contributed by atoms with Gasteiger partial charge in [-0.2, -0.15) is 0 Å². The van der Waals surface area contributed by atoms with E-state index in [1.807, 2.05) is 0 Å². The minimum atomic E-state index is -1.60. The van der Waals surface area contributed by atoms with E-state index in [9.17, 15) is 18.0 Å². The van der Waals surface area contributed by atoms with E-state index in [-0.39, 0.29) is 18.1 Å². The van der Waals surface area contributed by atoms with Gasteiger partial charge in [-0.15, -0.1) is 0 Å². The lowest BCUT2D eigenvalue weighted by atomic mass is 10.1. The van der Waals surface area contributed by atoms with E-state index in [2.05, 4.69) is 0 Å². The molecule has 1 aromatic carbocycles. The van der Waals surface area contributed by atoms with Crippen LogP contribution in [0.25, 0.3) is 0 Å². The van der Waals surface area contributed by atoms with E-state index >= 15 is 0 Å². The van der Waals surface area contributed by atoms with Crippen molar-refractivity contribution >= 4 is 5.97 Å². The van der Waals surface area contributed by atoms with Crippen molar-refractivity contribution in [3.8, 4) is 0 Å². The smallest absolute Gasteiger partial charge is 0.338 e. The molecule has 98 valence electrons. The van der Waals surface area contributed by atoms with Crippen LogP contribution in [0.15, 0.2) is 12.1 Å². The Morgan fingerprint density at radius 3 is 2.56 bits per heavy atom. The summed E-state index contributed by atoms with van der Waals surface area (Å²) >= 11 is 0. The Morgan fingerprint density at radius 2 is 2.00 bits per heavy atom. The quantitative estimate of drug-likeness (QED) is 0.618. The van der Waals surface area contributed by atoms with E-state index in [1.165, 1.54) is 0 Å². The monoisotopic (exact) mass is 260 g/mol. The van der Waals surface area contributed by atoms with Gasteiger partial charge < -0.3 is 9.47 Å². The Balaban J connectivity index is 2.00. The molecule has 1 aliphatic rings. The summed E-state index contributed by atoms with van der Waals surface area (Å²) < 4.78 is 48.5. The van der Waals surface area contributed by atoms with E-state index in [1.54, 1.807) is 0 Å². The van der Waals surface area contributed by atoms with Crippen molar-refractivity contribution in [2.24, 2.45) is 5.92 Å². The minimum absolute atomic E-state index is 0.101. The van der Waals surface area contributed by atoms with Gasteiger partial charge in [0.15, 0.2) is 17.5 Å². The Labute approximate surface area is 102 Å². The highest BCUT2D eigenvalue weighted by Gasteiger charge is 2.20. The summed E-state index contributed by atoms with van der Waals surface area (Å²) in [6.45, 7) is 1.24. The molecule has 0 aliphatic carbocycles. The second-order valence-electron chi connectivity index (χ2n) is 4.08. The first kappa shape index (κ1) is 12.9. The molecule has 0 amide bonds. The topological polar surface area (TPSA) is 35.5 Å². The van der Waals surface area contributed by atoms with Crippen LogP contribution in [0.3, 0.4) is 0 Å². The highest BCUT2D eigenvalue weighted by Crippen LogP contribution is 2.16. The van der Waals surface area contributed by atoms with Crippen molar-refractivity contribution in [2.45, 2.75) is 6.42 Å². The molecule has 1 atom stereocenters. The van der Waals surface area contributed by atoms with Gasteiger partial charge in [0, 0.05) is 12.5 Å². The first-order valence-electron chi connectivity index (χ1n) is 5.47. The van der Waals surface area contributed by atoms with Crippen LogP contribution in [0, 0.1) is 23.4 Å². The molecule has 0 bridgehead atoms. The predicted molar refractivity (Wildman–Crippen MR) is 55.5 cm³/mol. The molecule has 2 rings (SSSR count). The Kier molecular flexibility index (Phi) is 3.86. The molecule has 1 heterocycles. The SMILES string of the molecule is O=C(OCC1CCOC1)c1cc(F)c(F)c(F)c1. The van der Waals surface area contributed by atoms with Crippen LogP contribution in [0.2, 0.25) is 0 Å². The van der Waals surface area contributed by atoms with Crippen molar-refractivity contribution in [1.82, 2.24) is 0 Å². The maximum atomic E-state index is 12.9. The largest absolute Gasteiger partial charge is 0.462 e. The van der Waals surface area contributed by atoms with Crippen LogP contribution < -0.4 is 0 Å². The number of benzene rings is 1. The van der Waals surface area contributed by atoms with Crippen LogP contribution in [-0.4, -0.2) is 25.8 Å². The lowest BCUT2D eigenvalue weighted by molar-refractivity contribution is 0.0427. The average molecular weight is 260 g/mol. The lowest BCUT2D eigenvalue weighted by Gasteiger charge is -2.09. The molecule has 18 heavy (non-hydrogen) atoms. The first-order valence-corrected chi connectivity index (χ1v) is 5.47. The number of carbonyl (C=O) groups is 1. The number of halogens is 3. The number of rotatable bonds is 3. The van der Waals surface area contributed by atoms with Gasteiger partial charge in [0.2, 0.25) is 0 Å². The molecule has 6 heteroatoms. The van der Waals surface area contributed by atoms with Gasteiger partial charge in [-0.25, -0.2) is 18.0 Å². The normalized spacial score (nSPS) is 18.9. The number of hydrogen-bond donors (Lipinski definition) is 0. The van der Waals surface area contributed by atoms with Crippen LogP contribution >= 0.6 is 0 Å². The highest BCUT2D eigenvalue weighted by atomic mass is 19.2. The molecule has 1 aromatic rings. The number of hydrogen-bond acceptors (Lipinski definition) is 3. The second-order valence-corrected chi connectivity index (χ2v) is 4.08. The van der Waals surface area contributed by atoms with Crippen LogP contribution in [0.5, 0.6) is 0 Å². The molecule has 0 N–H and O–H groups in total. The predicted octanol–water partition coefficient (Wildman–Crippen LogP) is 2.30. The van der Waals surface area contributed by atoms with E-state index < -0.39 is 23.4 Å². The molecule has 0 spiro atoms. The number of carbonyl (C=O) groups excluding carboxylic acids is 1. The Morgan fingerprint density at radius 1 is 1.33 bits per heavy atom. The fourth-order valence-electron chi connectivity index (χ4n) is 1.67. The zero-order chi connectivity index (χ0) is 13.1. The molecule has 1 saturated heterocycles. The van der Waals surface area contributed by atoms with E-state index in [0.717, 1.165) is 6.42 Å². The minimum Gasteiger partial charge on any atom is -0.462 e. The fourth-order valence-corrected chi connectivity index (χ4v) is 1.67. The van der Waals surface area contributed by atoms with Crippen LogP contribution in [0.1, 0.15) is 16.8 Å². The molecular formula is C12H11F3O3. The van der Waals surface area contributed by atoms with Gasteiger partial charge in [-0.05, 0) is 18.6 Å². The van der Waals surface area contributed by atoms with Gasteiger partial charge >= 0.3 is 5.97 Å². The summed E-state index contributed by atoms with van der Waals surface area (Å²) in [5.74, 6) is -5.20. The molecule has 1 fully saturated rings.